The van der Waals surface area contributed by atoms with Gasteiger partial charge in [-0.1, -0.05) is 6.42 Å². The van der Waals surface area contributed by atoms with E-state index < -0.39 is 11.4 Å². The molecule has 0 aliphatic heterocycles. The summed E-state index contributed by atoms with van der Waals surface area (Å²) in [5.74, 6) is -0.707. The van der Waals surface area contributed by atoms with E-state index in [9.17, 15) is 19.1 Å². The Labute approximate surface area is 132 Å². The van der Waals surface area contributed by atoms with Crippen LogP contribution in [0.3, 0.4) is 0 Å². The van der Waals surface area contributed by atoms with Crippen molar-refractivity contribution in [2.75, 3.05) is 13.6 Å². The summed E-state index contributed by atoms with van der Waals surface area (Å²) in [5, 5.41) is 10.4. The van der Waals surface area contributed by atoms with Gasteiger partial charge in [-0.3, -0.25) is 9.59 Å². The highest BCUT2D eigenvalue weighted by atomic mass is 19.1. The quantitative estimate of drug-likeness (QED) is 0.908. The lowest BCUT2D eigenvalue weighted by Crippen LogP contribution is -2.35. The smallest absolute Gasteiger partial charge is 0.254 e. The molecule has 6 heteroatoms. The second-order valence-corrected chi connectivity index (χ2v) is 6.18. The average Bonchev–Trinajstić information content (AvgIpc) is 2.90. The fourth-order valence-corrected chi connectivity index (χ4v) is 3.28. The van der Waals surface area contributed by atoms with Crippen molar-refractivity contribution in [1.29, 1.82) is 0 Å². The first-order chi connectivity index (χ1) is 11.0. The van der Waals surface area contributed by atoms with Gasteiger partial charge in [0.15, 0.2) is 0 Å². The SMILES string of the molecule is CN(CC1CCCC1O)C(=O)c1cc(=O)[nH]c2cc(F)ccc12. The van der Waals surface area contributed by atoms with Crippen molar-refractivity contribution in [3.8, 4) is 0 Å². The number of H-pyrrole nitrogens is 1. The predicted octanol–water partition coefficient (Wildman–Crippen LogP) is 1.90. The number of amides is 1. The number of aromatic amines is 1. The maximum Gasteiger partial charge on any atom is 0.254 e. The van der Waals surface area contributed by atoms with Gasteiger partial charge < -0.3 is 15.0 Å². The number of aliphatic hydroxyl groups is 1. The Kier molecular flexibility index (Phi) is 4.17. The van der Waals surface area contributed by atoms with Crippen molar-refractivity contribution >= 4 is 16.8 Å². The van der Waals surface area contributed by atoms with E-state index in [0.29, 0.717) is 17.4 Å². The van der Waals surface area contributed by atoms with Crippen molar-refractivity contribution in [2.45, 2.75) is 25.4 Å². The third-order valence-corrected chi connectivity index (χ3v) is 4.51. The van der Waals surface area contributed by atoms with Crippen LogP contribution in [0.25, 0.3) is 10.9 Å². The lowest BCUT2D eigenvalue weighted by Gasteiger charge is -2.23. The number of carbonyl (C=O) groups excluding carboxylic acids is 1. The number of aliphatic hydroxyl groups excluding tert-OH is 1. The molecular formula is C17H19FN2O3. The van der Waals surface area contributed by atoms with Gasteiger partial charge in [-0.05, 0) is 31.0 Å². The molecule has 2 atom stereocenters. The number of rotatable bonds is 3. The molecule has 5 nitrogen and oxygen atoms in total. The van der Waals surface area contributed by atoms with Crippen LogP contribution in [0.15, 0.2) is 29.1 Å². The number of benzene rings is 1. The van der Waals surface area contributed by atoms with Gasteiger partial charge in [-0.15, -0.1) is 0 Å². The fraction of sp³-hybridized carbons (Fsp3) is 0.412. The molecule has 1 aliphatic carbocycles. The van der Waals surface area contributed by atoms with E-state index >= 15 is 0 Å². The topological polar surface area (TPSA) is 73.4 Å². The molecule has 2 aromatic rings. The van der Waals surface area contributed by atoms with Crippen LogP contribution in [0.2, 0.25) is 0 Å². The van der Waals surface area contributed by atoms with Crippen LogP contribution < -0.4 is 5.56 Å². The third kappa shape index (κ3) is 3.12. The summed E-state index contributed by atoms with van der Waals surface area (Å²) < 4.78 is 13.3. The molecule has 0 bridgehead atoms. The molecule has 3 rings (SSSR count). The molecule has 1 heterocycles. The Morgan fingerprint density at radius 2 is 2.17 bits per heavy atom. The van der Waals surface area contributed by atoms with Gasteiger partial charge in [0.05, 0.1) is 17.2 Å². The summed E-state index contributed by atoms with van der Waals surface area (Å²) in [4.78, 5) is 28.5. The predicted molar refractivity (Wildman–Crippen MR) is 84.8 cm³/mol. The zero-order chi connectivity index (χ0) is 16.6. The molecular weight excluding hydrogens is 299 g/mol. The zero-order valence-electron chi connectivity index (χ0n) is 12.9. The minimum absolute atomic E-state index is 0.0645. The normalized spacial score (nSPS) is 20.8. The number of halogens is 1. The number of hydrogen-bond donors (Lipinski definition) is 2. The molecule has 0 saturated heterocycles. The Balaban J connectivity index is 1.92. The number of nitrogens with one attached hydrogen (secondary N) is 1. The Morgan fingerprint density at radius 3 is 2.87 bits per heavy atom. The van der Waals surface area contributed by atoms with Gasteiger partial charge in [0.1, 0.15) is 5.82 Å². The number of fused-ring (bicyclic) bond motifs is 1. The summed E-state index contributed by atoms with van der Waals surface area (Å²) in [5.41, 5.74) is 0.106. The van der Waals surface area contributed by atoms with E-state index in [1.165, 1.54) is 29.2 Å². The Bertz CT molecular complexity index is 802. The first kappa shape index (κ1) is 15.7. The van der Waals surface area contributed by atoms with Crippen LogP contribution in [0, 0.1) is 11.7 Å². The van der Waals surface area contributed by atoms with E-state index in [-0.39, 0.29) is 23.5 Å². The second-order valence-electron chi connectivity index (χ2n) is 6.18. The molecule has 1 aromatic carbocycles. The maximum absolute atomic E-state index is 13.3. The lowest BCUT2D eigenvalue weighted by atomic mass is 10.0. The minimum atomic E-state index is -0.472. The largest absolute Gasteiger partial charge is 0.393 e. The second kappa shape index (κ2) is 6.12. The number of hydrogen-bond acceptors (Lipinski definition) is 3. The number of aromatic nitrogens is 1. The first-order valence-electron chi connectivity index (χ1n) is 7.72. The molecule has 2 N–H and O–H groups in total. The van der Waals surface area contributed by atoms with Crippen LogP contribution in [0.5, 0.6) is 0 Å². The van der Waals surface area contributed by atoms with Gasteiger partial charge in [0, 0.05) is 31.0 Å². The van der Waals surface area contributed by atoms with Crippen LogP contribution >= 0.6 is 0 Å². The van der Waals surface area contributed by atoms with Gasteiger partial charge >= 0.3 is 0 Å². The Morgan fingerprint density at radius 1 is 1.39 bits per heavy atom. The summed E-state index contributed by atoms with van der Waals surface area (Å²) in [6.45, 7) is 0.440. The van der Waals surface area contributed by atoms with Crippen LogP contribution in [0.1, 0.15) is 29.6 Å². The molecule has 1 fully saturated rings. The van der Waals surface area contributed by atoms with Crippen LogP contribution in [0.4, 0.5) is 4.39 Å². The molecule has 1 aromatic heterocycles. The van der Waals surface area contributed by atoms with Crippen LogP contribution in [-0.2, 0) is 0 Å². The molecule has 2 unspecified atom stereocenters. The third-order valence-electron chi connectivity index (χ3n) is 4.51. The number of pyridine rings is 1. The highest BCUT2D eigenvalue weighted by Gasteiger charge is 2.28. The van der Waals surface area contributed by atoms with Crippen molar-refractivity contribution in [1.82, 2.24) is 9.88 Å². The lowest BCUT2D eigenvalue weighted by molar-refractivity contribution is 0.0695. The maximum atomic E-state index is 13.3. The standard InChI is InChI=1S/C17H19FN2O3/c1-20(9-10-3-2-4-15(10)21)17(23)13-8-16(22)19-14-7-11(18)5-6-12(13)14/h5-8,10,15,21H,2-4,9H2,1H3,(H,19,22). The highest BCUT2D eigenvalue weighted by molar-refractivity contribution is 6.05. The molecule has 23 heavy (non-hydrogen) atoms. The van der Waals surface area contributed by atoms with Crippen molar-refractivity contribution in [3.05, 3.63) is 46.0 Å². The molecule has 122 valence electrons. The van der Waals surface area contributed by atoms with Gasteiger partial charge in [0.2, 0.25) is 5.56 Å². The number of carbonyl (C=O) groups is 1. The summed E-state index contributed by atoms with van der Waals surface area (Å²) in [6, 6.07) is 5.20. The monoisotopic (exact) mass is 318 g/mol. The van der Waals surface area contributed by atoms with Crippen molar-refractivity contribution in [2.24, 2.45) is 5.92 Å². The number of nitrogens with zero attached hydrogens (tertiary/aromatic N) is 1. The Hall–Kier alpha value is -2.21. The van der Waals surface area contributed by atoms with E-state index in [0.717, 1.165) is 19.3 Å². The summed E-state index contributed by atoms with van der Waals surface area (Å²) in [7, 11) is 1.66. The first-order valence-corrected chi connectivity index (χ1v) is 7.72. The summed E-state index contributed by atoms with van der Waals surface area (Å²) >= 11 is 0. The average molecular weight is 318 g/mol. The zero-order valence-corrected chi connectivity index (χ0v) is 12.9. The summed E-state index contributed by atoms with van der Waals surface area (Å²) in [6.07, 6.45) is 2.23. The minimum Gasteiger partial charge on any atom is -0.393 e. The van der Waals surface area contributed by atoms with E-state index in [2.05, 4.69) is 4.98 Å². The molecule has 0 radical (unpaired) electrons. The van der Waals surface area contributed by atoms with Crippen LogP contribution in [-0.4, -0.2) is 40.6 Å². The van der Waals surface area contributed by atoms with Crippen molar-refractivity contribution < 1.29 is 14.3 Å². The molecule has 1 aliphatic rings. The molecule has 0 spiro atoms. The van der Waals surface area contributed by atoms with Gasteiger partial charge in [-0.2, -0.15) is 0 Å². The fourth-order valence-electron chi connectivity index (χ4n) is 3.28. The van der Waals surface area contributed by atoms with Gasteiger partial charge in [-0.25, -0.2) is 4.39 Å². The van der Waals surface area contributed by atoms with E-state index in [1.807, 2.05) is 0 Å². The molecule has 1 saturated carbocycles. The highest BCUT2D eigenvalue weighted by Crippen LogP contribution is 2.26. The van der Waals surface area contributed by atoms with E-state index in [4.69, 9.17) is 0 Å². The van der Waals surface area contributed by atoms with Crippen molar-refractivity contribution in [3.63, 3.8) is 0 Å². The van der Waals surface area contributed by atoms with E-state index in [1.54, 1.807) is 7.05 Å². The molecule has 1 amide bonds. The van der Waals surface area contributed by atoms with Gasteiger partial charge in [0.25, 0.3) is 5.91 Å².